The topological polar surface area (TPSA) is 66.7 Å². The van der Waals surface area contributed by atoms with Crippen LogP contribution in [0.3, 0.4) is 0 Å². The fourth-order valence-corrected chi connectivity index (χ4v) is 1.42. The van der Waals surface area contributed by atoms with Gasteiger partial charge in [-0.25, -0.2) is 0 Å². The average Bonchev–Trinajstić information content (AvgIpc) is 2.33. The number of H-pyrrole nitrogens is 1. The van der Waals surface area contributed by atoms with Crippen LogP contribution >= 0.6 is 0 Å². The summed E-state index contributed by atoms with van der Waals surface area (Å²) >= 11 is 0. The summed E-state index contributed by atoms with van der Waals surface area (Å²) in [7, 11) is 0. The Morgan fingerprint density at radius 3 is 3.27 bits per heavy atom. The molecule has 2 heterocycles. The minimum Gasteiger partial charge on any atom is -0.384 e. The predicted octanol–water partition coefficient (Wildman–Crippen LogP) is 0.596. The number of hydrogen-bond donors (Lipinski definition) is 3. The molecule has 2 rings (SSSR count). The van der Waals surface area contributed by atoms with Gasteiger partial charge in [0.05, 0.1) is 0 Å². The van der Waals surface area contributed by atoms with Crippen LogP contribution in [0.1, 0.15) is 12.5 Å². The van der Waals surface area contributed by atoms with Crippen LogP contribution in [0.25, 0.3) is 0 Å². The number of fused-ring (bicyclic) bond motifs is 1. The summed E-state index contributed by atoms with van der Waals surface area (Å²) in [6.07, 6.45) is 1.03. The lowest BCUT2D eigenvalue weighted by atomic mass is 9.99. The summed E-state index contributed by atoms with van der Waals surface area (Å²) in [5.41, 5.74) is 6.81. The molecule has 0 aromatic carbocycles. The SMILES string of the molecule is CC1CNc2n[nH]c(N)c2C1. The van der Waals surface area contributed by atoms with Gasteiger partial charge in [0.1, 0.15) is 5.82 Å². The number of nitrogen functional groups attached to an aromatic ring is 1. The molecule has 1 unspecified atom stereocenters. The largest absolute Gasteiger partial charge is 0.384 e. The van der Waals surface area contributed by atoms with E-state index in [1.165, 1.54) is 0 Å². The second kappa shape index (κ2) is 2.15. The molecule has 0 saturated heterocycles. The number of anilines is 2. The number of rotatable bonds is 0. The van der Waals surface area contributed by atoms with Gasteiger partial charge in [-0.1, -0.05) is 6.92 Å². The molecule has 0 radical (unpaired) electrons. The van der Waals surface area contributed by atoms with Crippen molar-refractivity contribution in [2.45, 2.75) is 13.3 Å². The van der Waals surface area contributed by atoms with E-state index < -0.39 is 0 Å². The third-order valence-corrected chi connectivity index (χ3v) is 2.07. The van der Waals surface area contributed by atoms with E-state index in [2.05, 4.69) is 22.4 Å². The summed E-state index contributed by atoms with van der Waals surface area (Å²) in [5.74, 6) is 2.29. The summed E-state index contributed by atoms with van der Waals surface area (Å²) < 4.78 is 0. The molecule has 0 bridgehead atoms. The highest BCUT2D eigenvalue weighted by Gasteiger charge is 2.18. The molecular formula is C7H12N4. The van der Waals surface area contributed by atoms with Gasteiger partial charge < -0.3 is 11.1 Å². The van der Waals surface area contributed by atoms with Crippen molar-refractivity contribution in [1.29, 1.82) is 0 Å². The number of aromatic nitrogens is 2. The smallest absolute Gasteiger partial charge is 0.153 e. The third kappa shape index (κ3) is 0.943. The molecule has 4 nitrogen and oxygen atoms in total. The molecule has 0 aliphatic carbocycles. The summed E-state index contributed by atoms with van der Waals surface area (Å²) in [6, 6.07) is 0. The number of nitrogens with two attached hydrogens (primary N) is 1. The van der Waals surface area contributed by atoms with Gasteiger partial charge in [-0.3, -0.25) is 5.10 Å². The predicted molar refractivity (Wildman–Crippen MR) is 44.4 cm³/mol. The van der Waals surface area contributed by atoms with Gasteiger partial charge in [-0.05, 0) is 12.3 Å². The van der Waals surface area contributed by atoms with Crippen molar-refractivity contribution < 1.29 is 0 Å². The summed E-state index contributed by atoms with van der Waals surface area (Å²) in [4.78, 5) is 0. The first-order chi connectivity index (χ1) is 5.27. The van der Waals surface area contributed by atoms with E-state index in [1.807, 2.05) is 0 Å². The van der Waals surface area contributed by atoms with E-state index in [9.17, 15) is 0 Å². The van der Waals surface area contributed by atoms with E-state index in [0.717, 1.165) is 24.3 Å². The number of hydrogen-bond acceptors (Lipinski definition) is 3. The molecule has 60 valence electrons. The number of nitrogens with one attached hydrogen (secondary N) is 2. The summed E-state index contributed by atoms with van der Waals surface area (Å²) in [6.45, 7) is 3.19. The van der Waals surface area contributed by atoms with Gasteiger partial charge in [-0.15, -0.1) is 0 Å². The molecule has 1 atom stereocenters. The first-order valence-electron chi connectivity index (χ1n) is 3.84. The van der Waals surface area contributed by atoms with Gasteiger partial charge in [0, 0.05) is 12.1 Å². The summed E-state index contributed by atoms with van der Waals surface area (Å²) in [5, 5.41) is 10.0. The van der Waals surface area contributed by atoms with Gasteiger partial charge in [0.25, 0.3) is 0 Å². The Morgan fingerprint density at radius 1 is 1.64 bits per heavy atom. The number of nitrogens with zero attached hydrogens (tertiary/aromatic N) is 1. The van der Waals surface area contributed by atoms with Crippen molar-refractivity contribution in [1.82, 2.24) is 10.2 Å². The van der Waals surface area contributed by atoms with Gasteiger partial charge in [0.2, 0.25) is 0 Å². The van der Waals surface area contributed by atoms with E-state index in [0.29, 0.717) is 11.7 Å². The van der Waals surface area contributed by atoms with E-state index in [1.54, 1.807) is 0 Å². The molecule has 11 heavy (non-hydrogen) atoms. The Bertz CT molecular complexity index is 265. The molecule has 1 aromatic rings. The quantitative estimate of drug-likeness (QED) is 0.510. The maximum absolute atomic E-state index is 5.67. The zero-order chi connectivity index (χ0) is 7.84. The highest BCUT2D eigenvalue weighted by Crippen LogP contribution is 2.26. The zero-order valence-corrected chi connectivity index (χ0v) is 6.52. The lowest BCUT2D eigenvalue weighted by Gasteiger charge is -2.18. The van der Waals surface area contributed by atoms with Crippen LogP contribution in [0.4, 0.5) is 11.6 Å². The molecule has 0 saturated carbocycles. The van der Waals surface area contributed by atoms with Gasteiger partial charge in [-0.2, -0.15) is 5.10 Å². The monoisotopic (exact) mass is 152 g/mol. The van der Waals surface area contributed by atoms with Crippen LogP contribution < -0.4 is 11.1 Å². The Kier molecular flexibility index (Phi) is 1.27. The number of aromatic amines is 1. The minimum atomic E-state index is 0.655. The van der Waals surface area contributed by atoms with Crippen LogP contribution in [-0.4, -0.2) is 16.7 Å². The Hall–Kier alpha value is -1.19. The van der Waals surface area contributed by atoms with Crippen molar-refractivity contribution in [3.63, 3.8) is 0 Å². The standard InChI is InChI=1S/C7H12N4/c1-4-2-5-6(8)10-11-7(5)9-3-4/h4H,2-3H2,1H3,(H4,8,9,10,11). The van der Waals surface area contributed by atoms with Crippen molar-refractivity contribution >= 4 is 11.6 Å². The molecular weight excluding hydrogens is 140 g/mol. The normalized spacial score (nSPS) is 22.5. The van der Waals surface area contributed by atoms with Crippen molar-refractivity contribution in [3.05, 3.63) is 5.56 Å². The second-order valence-electron chi connectivity index (χ2n) is 3.15. The van der Waals surface area contributed by atoms with Gasteiger partial charge in [0.15, 0.2) is 5.82 Å². The fourth-order valence-electron chi connectivity index (χ4n) is 1.42. The second-order valence-corrected chi connectivity index (χ2v) is 3.15. The third-order valence-electron chi connectivity index (χ3n) is 2.07. The Morgan fingerprint density at radius 2 is 2.45 bits per heavy atom. The zero-order valence-electron chi connectivity index (χ0n) is 6.52. The first-order valence-corrected chi connectivity index (χ1v) is 3.84. The Labute approximate surface area is 65.2 Å². The van der Waals surface area contributed by atoms with E-state index >= 15 is 0 Å². The maximum Gasteiger partial charge on any atom is 0.153 e. The highest BCUT2D eigenvalue weighted by molar-refractivity contribution is 5.57. The van der Waals surface area contributed by atoms with Crippen LogP contribution in [0.15, 0.2) is 0 Å². The molecule has 1 aliphatic rings. The maximum atomic E-state index is 5.67. The molecule has 0 fully saturated rings. The van der Waals surface area contributed by atoms with E-state index in [-0.39, 0.29) is 0 Å². The lowest BCUT2D eigenvalue weighted by molar-refractivity contribution is 0.595. The molecule has 4 heteroatoms. The van der Waals surface area contributed by atoms with Crippen molar-refractivity contribution in [2.24, 2.45) is 5.92 Å². The molecule has 1 aliphatic heterocycles. The first kappa shape index (κ1) is 6.52. The molecule has 1 aromatic heterocycles. The minimum absolute atomic E-state index is 0.655. The molecule has 0 spiro atoms. The highest BCUT2D eigenvalue weighted by atomic mass is 15.2. The van der Waals surface area contributed by atoms with Crippen LogP contribution in [0, 0.1) is 5.92 Å². The van der Waals surface area contributed by atoms with Gasteiger partial charge >= 0.3 is 0 Å². The fraction of sp³-hybridized carbons (Fsp3) is 0.571. The van der Waals surface area contributed by atoms with Crippen LogP contribution in [-0.2, 0) is 6.42 Å². The van der Waals surface area contributed by atoms with Crippen LogP contribution in [0.5, 0.6) is 0 Å². The van der Waals surface area contributed by atoms with E-state index in [4.69, 9.17) is 5.73 Å². The van der Waals surface area contributed by atoms with Crippen molar-refractivity contribution in [2.75, 3.05) is 17.6 Å². The Balaban J connectivity index is 2.37. The molecule has 0 amide bonds. The van der Waals surface area contributed by atoms with Crippen LogP contribution in [0.2, 0.25) is 0 Å². The van der Waals surface area contributed by atoms with Crippen molar-refractivity contribution in [3.8, 4) is 0 Å². The lowest BCUT2D eigenvalue weighted by Crippen LogP contribution is -2.20. The molecule has 4 N–H and O–H groups in total. The average molecular weight is 152 g/mol.